The fraction of sp³-hybridized carbons (Fsp3) is 0.529. The third kappa shape index (κ3) is 2.74. The van der Waals surface area contributed by atoms with E-state index in [4.69, 9.17) is 0 Å². The number of piperidine rings is 1. The average molecular weight is 272 g/mol. The van der Waals surface area contributed by atoms with Crippen molar-refractivity contribution in [1.82, 2.24) is 9.88 Å². The van der Waals surface area contributed by atoms with Crippen molar-refractivity contribution in [2.45, 2.75) is 32.8 Å². The van der Waals surface area contributed by atoms with Gasteiger partial charge in [0.05, 0.1) is 6.10 Å². The van der Waals surface area contributed by atoms with Crippen molar-refractivity contribution in [3.63, 3.8) is 0 Å². The minimum atomic E-state index is -0.417. The molecule has 2 aromatic rings. The van der Waals surface area contributed by atoms with Crippen molar-refractivity contribution in [3.8, 4) is 0 Å². The topological polar surface area (TPSA) is 39.3 Å². The van der Waals surface area contributed by atoms with E-state index in [9.17, 15) is 5.11 Å². The van der Waals surface area contributed by atoms with Crippen LogP contribution in [0.1, 0.15) is 38.4 Å². The first-order valence-corrected chi connectivity index (χ1v) is 7.52. The normalized spacial score (nSPS) is 21.1. The Morgan fingerprint density at radius 2 is 2.15 bits per heavy atom. The molecule has 3 heteroatoms. The Morgan fingerprint density at radius 1 is 1.35 bits per heavy atom. The zero-order valence-electron chi connectivity index (χ0n) is 12.4. The average Bonchev–Trinajstić information content (AvgIpc) is 2.81. The molecule has 1 atom stereocenters. The summed E-state index contributed by atoms with van der Waals surface area (Å²) < 4.78 is 0. The predicted octanol–water partition coefficient (Wildman–Crippen LogP) is 3.32. The second-order valence-corrected chi connectivity index (χ2v) is 6.81. The first-order chi connectivity index (χ1) is 9.55. The molecule has 1 saturated heterocycles. The summed E-state index contributed by atoms with van der Waals surface area (Å²) in [5.74, 6) is 0. The molecule has 1 aliphatic rings. The second-order valence-electron chi connectivity index (χ2n) is 6.81. The molecule has 108 valence electrons. The Morgan fingerprint density at radius 3 is 2.95 bits per heavy atom. The number of para-hydroxylation sites is 1. The van der Waals surface area contributed by atoms with Gasteiger partial charge in [-0.05, 0) is 30.9 Å². The van der Waals surface area contributed by atoms with E-state index >= 15 is 0 Å². The van der Waals surface area contributed by atoms with Crippen molar-refractivity contribution >= 4 is 10.9 Å². The van der Waals surface area contributed by atoms with E-state index in [-0.39, 0.29) is 0 Å². The number of H-pyrrole nitrogens is 1. The molecule has 0 amide bonds. The molecule has 2 N–H and O–H groups in total. The fourth-order valence-electron chi connectivity index (χ4n) is 3.41. The molecule has 0 bridgehead atoms. The molecule has 0 unspecified atom stereocenters. The van der Waals surface area contributed by atoms with Gasteiger partial charge in [0.1, 0.15) is 0 Å². The maximum absolute atomic E-state index is 10.6. The van der Waals surface area contributed by atoms with Crippen LogP contribution >= 0.6 is 0 Å². The quantitative estimate of drug-likeness (QED) is 0.899. The van der Waals surface area contributed by atoms with Gasteiger partial charge in [-0.1, -0.05) is 32.0 Å². The largest absolute Gasteiger partial charge is 0.387 e. The Balaban J connectivity index is 1.74. The van der Waals surface area contributed by atoms with Gasteiger partial charge in [-0.2, -0.15) is 0 Å². The summed E-state index contributed by atoms with van der Waals surface area (Å²) in [7, 11) is 0. The number of nitrogens with zero attached hydrogens (tertiary/aromatic N) is 1. The summed E-state index contributed by atoms with van der Waals surface area (Å²) in [6.07, 6.45) is 4.05. The van der Waals surface area contributed by atoms with E-state index in [1.807, 2.05) is 18.3 Å². The third-order valence-corrected chi connectivity index (χ3v) is 4.39. The van der Waals surface area contributed by atoms with Crippen molar-refractivity contribution < 1.29 is 5.11 Å². The van der Waals surface area contributed by atoms with E-state index < -0.39 is 6.10 Å². The van der Waals surface area contributed by atoms with Gasteiger partial charge in [-0.3, -0.25) is 4.90 Å². The van der Waals surface area contributed by atoms with Gasteiger partial charge in [0.2, 0.25) is 0 Å². The number of nitrogens with one attached hydrogen (secondary N) is 1. The molecule has 0 spiro atoms. The number of aromatic amines is 1. The van der Waals surface area contributed by atoms with Crippen LogP contribution < -0.4 is 0 Å². The smallest absolute Gasteiger partial charge is 0.0937 e. The predicted molar refractivity (Wildman–Crippen MR) is 82.7 cm³/mol. The summed E-state index contributed by atoms with van der Waals surface area (Å²) in [6.45, 7) is 7.54. The first-order valence-electron chi connectivity index (χ1n) is 7.52. The number of benzene rings is 1. The number of rotatable bonds is 3. The van der Waals surface area contributed by atoms with Gasteiger partial charge in [0.15, 0.2) is 0 Å². The summed E-state index contributed by atoms with van der Waals surface area (Å²) in [6, 6.07) is 8.17. The van der Waals surface area contributed by atoms with E-state index in [0.717, 1.165) is 36.1 Å². The number of likely N-dealkylation sites (tertiary alicyclic amines) is 1. The molecule has 1 aromatic carbocycles. The summed E-state index contributed by atoms with van der Waals surface area (Å²) in [5.41, 5.74) is 2.49. The van der Waals surface area contributed by atoms with Crippen LogP contribution in [0.15, 0.2) is 30.5 Å². The SMILES string of the molecule is CC1(C)CCCN(C[C@@H](O)c2c[nH]c3ccccc23)C1. The van der Waals surface area contributed by atoms with Crippen LogP contribution in [0, 0.1) is 5.41 Å². The molecule has 20 heavy (non-hydrogen) atoms. The highest BCUT2D eigenvalue weighted by atomic mass is 16.3. The van der Waals surface area contributed by atoms with E-state index in [0.29, 0.717) is 5.41 Å². The lowest BCUT2D eigenvalue weighted by Gasteiger charge is -2.38. The molecule has 0 aliphatic carbocycles. The lowest BCUT2D eigenvalue weighted by atomic mass is 9.84. The summed E-state index contributed by atoms with van der Waals surface area (Å²) in [4.78, 5) is 5.64. The van der Waals surface area contributed by atoms with Crippen LogP contribution in [-0.4, -0.2) is 34.6 Å². The van der Waals surface area contributed by atoms with E-state index in [1.165, 1.54) is 12.8 Å². The van der Waals surface area contributed by atoms with Crippen LogP contribution in [0.3, 0.4) is 0 Å². The highest BCUT2D eigenvalue weighted by Gasteiger charge is 2.28. The van der Waals surface area contributed by atoms with Crippen LogP contribution in [0.2, 0.25) is 0 Å². The minimum Gasteiger partial charge on any atom is -0.387 e. The monoisotopic (exact) mass is 272 g/mol. The van der Waals surface area contributed by atoms with Gasteiger partial charge in [0.25, 0.3) is 0 Å². The molecule has 1 aliphatic heterocycles. The maximum Gasteiger partial charge on any atom is 0.0937 e. The minimum absolute atomic E-state index is 0.373. The zero-order chi connectivity index (χ0) is 14.2. The van der Waals surface area contributed by atoms with E-state index in [1.54, 1.807) is 0 Å². The molecule has 3 nitrogen and oxygen atoms in total. The van der Waals surface area contributed by atoms with Gasteiger partial charge in [-0.15, -0.1) is 0 Å². The van der Waals surface area contributed by atoms with Crippen LogP contribution in [0.4, 0.5) is 0 Å². The second kappa shape index (κ2) is 5.23. The molecule has 1 fully saturated rings. The molecule has 1 aromatic heterocycles. The Bertz CT molecular complexity index is 587. The number of aliphatic hydroxyl groups excluding tert-OH is 1. The number of hydrogen-bond acceptors (Lipinski definition) is 2. The van der Waals surface area contributed by atoms with Crippen LogP contribution in [-0.2, 0) is 0 Å². The molecular formula is C17H24N2O. The fourth-order valence-corrected chi connectivity index (χ4v) is 3.41. The third-order valence-electron chi connectivity index (χ3n) is 4.39. The van der Waals surface area contributed by atoms with Crippen molar-refractivity contribution in [2.75, 3.05) is 19.6 Å². The number of β-amino-alcohol motifs (C(OH)–C–C–N with tert-alkyl or cyclic N) is 1. The highest BCUT2D eigenvalue weighted by Crippen LogP contribution is 2.30. The Hall–Kier alpha value is -1.32. The van der Waals surface area contributed by atoms with E-state index in [2.05, 4.69) is 35.9 Å². The Kier molecular flexibility index (Phi) is 3.57. The van der Waals surface area contributed by atoms with Crippen molar-refractivity contribution in [3.05, 3.63) is 36.0 Å². The first kappa shape index (κ1) is 13.7. The summed E-state index contributed by atoms with van der Waals surface area (Å²) >= 11 is 0. The van der Waals surface area contributed by atoms with Crippen molar-refractivity contribution in [2.24, 2.45) is 5.41 Å². The van der Waals surface area contributed by atoms with Gasteiger partial charge in [0, 0.05) is 35.8 Å². The zero-order valence-corrected chi connectivity index (χ0v) is 12.4. The maximum atomic E-state index is 10.6. The number of fused-ring (bicyclic) bond motifs is 1. The Labute approximate surface area is 120 Å². The number of aromatic nitrogens is 1. The molecule has 3 rings (SSSR count). The summed E-state index contributed by atoms with van der Waals surface area (Å²) in [5, 5.41) is 11.7. The lowest BCUT2D eigenvalue weighted by Crippen LogP contribution is -2.41. The molecule has 0 radical (unpaired) electrons. The van der Waals surface area contributed by atoms with Gasteiger partial charge < -0.3 is 10.1 Å². The number of aliphatic hydroxyl groups is 1. The lowest BCUT2D eigenvalue weighted by molar-refractivity contribution is 0.0604. The molecular weight excluding hydrogens is 248 g/mol. The van der Waals surface area contributed by atoms with Crippen LogP contribution in [0.25, 0.3) is 10.9 Å². The van der Waals surface area contributed by atoms with Crippen LogP contribution in [0.5, 0.6) is 0 Å². The van der Waals surface area contributed by atoms with Gasteiger partial charge in [-0.25, -0.2) is 0 Å². The standard InChI is InChI=1S/C17H24N2O/c1-17(2)8-5-9-19(12-17)11-16(20)14-10-18-15-7-4-3-6-13(14)15/h3-4,6-7,10,16,18,20H,5,8-9,11-12H2,1-2H3/t16-/m1/s1. The molecule has 2 heterocycles. The molecule has 0 saturated carbocycles. The van der Waals surface area contributed by atoms with Crippen molar-refractivity contribution in [1.29, 1.82) is 0 Å². The highest BCUT2D eigenvalue weighted by molar-refractivity contribution is 5.83. The number of hydrogen-bond donors (Lipinski definition) is 2. The van der Waals surface area contributed by atoms with Gasteiger partial charge >= 0.3 is 0 Å².